The highest BCUT2D eigenvalue weighted by atomic mass is 16.4. The quantitative estimate of drug-likeness (QED) is 0.775. The molecule has 3 atom stereocenters. The van der Waals surface area contributed by atoms with E-state index in [1.807, 2.05) is 49.4 Å². The normalized spacial score (nSPS) is 23.2. The van der Waals surface area contributed by atoms with Gasteiger partial charge in [0.15, 0.2) is 0 Å². The molecule has 0 fully saturated rings. The lowest BCUT2D eigenvalue weighted by atomic mass is 9.61. The van der Waals surface area contributed by atoms with Crippen molar-refractivity contribution in [2.75, 3.05) is 0 Å². The number of benzene rings is 2. The molecule has 25 heavy (non-hydrogen) atoms. The average Bonchev–Trinajstić information content (AvgIpc) is 3.23. The van der Waals surface area contributed by atoms with Gasteiger partial charge in [-0.05, 0) is 23.3 Å². The summed E-state index contributed by atoms with van der Waals surface area (Å²) in [5.41, 5.74) is 2.75. The van der Waals surface area contributed by atoms with Gasteiger partial charge in [0.1, 0.15) is 0 Å². The molecule has 1 aromatic heterocycles. The highest BCUT2D eigenvalue weighted by Crippen LogP contribution is 2.54. The van der Waals surface area contributed by atoms with Gasteiger partial charge in [-0.1, -0.05) is 67.6 Å². The van der Waals surface area contributed by atoms with E-state index in [0.29, 0.717) is 0 Å². The maximum atomic E-state index is 12.2. The molecule has 0 amide bonds. The van der Waals surface area contributed by atoms with Gasteiger partial charge >= 0.3 is 5.97 Å². The van der Waals surface area contributed by atoms with E-state index in [1.54, 1.807) is 0 Å². The van der Waals surface area contributed by atoms with Crippen molar-refractivity contribution in [2.24, 2.45) is 5.92 Å². The minimum Gasteiger partial charge on any atom is -0.481 e. The molecule has 3 aromatic rings. The number of aliphatic carboxylic acids is 1. The summed E-state index contributed by atoms with van der Waals surface area (Å²) < 4.78 is 2.21. The molecule has 0 saturated carbocycles. The number of hydrogen-bond acceptors (Lipinski definition) is 1. The van der Waals surface area contributed by atoms with Crippen LogP contribution in [-0.4, -0.2) is 15.6 Å². The van der Waals surface area contributed by atoms with E-state index in [0.717, 1.165) is 17.8 Å². The van der Waals surface area contributed by atoms with Gasteiger partial charge in [-0.3, -0.25) is 4.79 Å². The second-order valence-corrected chi connectivity index (χ2v) is 6.80. The van der Waals surface area contributed by atoms with Crippen molar-refractivity contribution in [3.05, 3.63) is 95.8 Å². The molecule has 3 heteroatoms. The summed E-state index contributed by atoms with van der Waals surface area (Å²) >= 11 is 0. The second-order valence-electron chi connectivity index (χ2n) is 6.80. The summed E-state index contributed by atoms with van der Waals surface area (Å²) in [6, 6.07) is 24.5. The number of fused-ring (bicyclic) bond motifs is 1. The first kappa shape index (κ1) is 15.7. The summed E-state index contributed by atoms with van der Waals surface area (Å²) in [7, 11) is 0. The number of rotatable bonds is 4. The monoisotopic (exact) mass is 331 g/mol. The molecule has 2 aromatic carbocycles. The maximum Gasteiger partial charge on any atom is 0.307 e. The van der Waals surface area contributed by atoms with Crippen LogP contribution in [0.3, 0.4) is 0 Å². The first-order valence-electron chi connectivity index (χ1n) is 8.64. The van der Waals surface area contributed by atoms with Crippen LogP contribution in [0.25, 0.3) is 0 Å². The Hall–Kier alpha value is -2.81. The highest BCUT2D eigenvalue weighted by molar-refractivity contribution is 5.74. The molecule has 3 nitrogen and oxygen atoms in total. The van der Waals surface area contributed by atoms with Gasteiger partial charge in [0.2, 0.25) is 0 Å². The Morgan fingerprint density at radius 2 is 1.68 bits per heavy atom. The van der Waals surface area contributed by atoms with Gasteiger partial charge in [0.25, 0.3) is 0 Å². The fraction of sp³-hybridized carbons (Fsp3) is 0.227. The lowest BCUT2D eigenvalue weighted by Gasteiger charge is -2.39. The number of aromatic nitrogens is 1. The molecule has 0 aliphatic carbocycles. The Balaban J connectivity index is 2.02. The standard InChI is InChI=1S/C22H21NO2/c1-16(21(24)25)22(18-11-6-3-7-12-18)19(17-9-4-2-5-10-17)15-23-14-8-13-20(22)23/h2-14,16,19H,15H2,1H3,(H,24,25). The van der Waals surface area contributed by atoms with Crippen LogP contribution in [0.15, 0.2) is 79.0 Å². The first-order chi connectivity index (χ1) is 12.2. The van der Waals surface area contributed by atoms with Crippen LogP contribution >= 0.6 is 0 Å². The third-order valence-electron chi connectivity index (χ3n) is 5.69. The minimum absolute atomic E-state index is 0.0819. The Kier molecular flexibility index (Phi) is 3.72. The van der Waals surface area contributed by atoms with Gasteiger partial charge in [-0.2, -0.15) is 0 Å². The fourth-order valence-electron chi connectivity index (χ4n) is 4.55. The summed E-state index contributed by atoms with van der Waals surface area (Å²) in [6.07, 6.45) is 2.06. The van der Waals surface area contributed by atoms with Gasteiger partial charge < -0.3 is 9.67 Å². The fourth-order valence-corrected chi connectivity index (χ4v) is 4.55. The van der Waals surface area contributed by atoms with Crippen LogP contribution in [0.1, 0.15) is 29.7 Å². The van der Waals surface area contributed by atoms with Crippen LogP contribution in [-0.2, 0) is 16.8 Å². The minimum atomic E-state index is -0.764. The largest absolute Gasteiger partial charge is 0.481 e. The molecule has 1 N–H and O–H groups in total. The molecule has 126 valence electrons. The van der Waals surface area contributed by atoms with Crippen molar-refractivity contribution < 1.29 is 9.90 Å². The van der Waals surface area contributed by atoms with E-state index < -0.39 is 17.3 Å². The van der Waals surface area contributed by atoms with Gasteiger partial charge in [-0.15, -0.1) is 0 Å². The van der Waals surface area contributed by atoms with Crippen molar-refractivity contribution in [1.82, 2.24) is 4.57 Å². The summed E-state index contributed by atoms with van der Waals surface area (Å²) in [6.45, 7) is 2.63. The van der Waals surface area contributed by atoms with Crippen LogP contribution in [0.5, 0.6) is 0 Å². The molecule has 0 spiro atoms. The van der Waals surface area contributed by atoms with Crippen LogP contribution in [0, 0.1) is 5.92 Å². The first-order valence-corrected chi connectivity index (χ1v) is 8.64. The summed E-state index contributed by atoms with van der Waals surface area (Å²) in [4.78, 5) is 12.2. The van der Waals surface area contributed by atoms with Crippen molar-refractivity contribution in [1.29, 1.82) is 0 Å². The Morgan fingerprint density at radius 1 is 1.04 bits per heavy atom. The van der Waals surface area contributed by atoms with Crippen molar-refractivity contribution >= 4 is 5.97 Å². The van der Waals surface area contributed by atoms with Crippen molar-refractivity contribution in [3.8, 4) is 0 Å². The van der Waals surface area contributed by atoms with Gasteiger partial charge in [0.05, 0.1) is 11.3 Å². The van der Waals surface area contributed by atoms with Crippen molar-refractivity contribution in [3.63, 3.8) is 0 Å². The van der Waals surface area contributed by atoms with E-state index in [2.05, 4.69) is 41.1 Å². The smallest absolute Gasteiger partial charge is 0.307 e. The van der Waals surface area contributed by atoms with Crippen LogP contribution < -0.4 is 0 Å². The highest BCUT2D eigenvalue weighted by Gasteiger charge is 2.54. The third-order valence-corrected chi connectivity index (χ3v) is 5.69. The van der Waals surface area contributed by atoms with Gasteiger partial charge in [0, 0.05) is 24.4 Å². The lowest BCUT2D eigenvalue weighted by molar-refractivity contribution is -0.143. The molecule has 0 bridgehead atoms. The third kappa shape index (κ3) is 2.23. The van der Waals surface area contributed by atoms with E-state index in [-0.39, 0.29) is 5.92 Å². The predicted molar refractivity (Wildman–Crippen MR) is 97.6 cm³/mol. The van der Waals surface area contributed by atoms with E-state index >= 15 is 0 Å². The molecule has 0 radical (unpaired) electrons. The Labute approximate surface area is 147 Å². The van der Waals surface area contributed by atoms with Crippen LogP contribution in [0.4, 0.5) is 0 Å². The average molecular weight is 331 g/mol. The topological polar surface area (TPSA) is 42.2 Å². The summed E-state index contributed by atoms with van der Waals surface area (Å²) in [5, 5.41) is 9.99. The molecule has 3 unspecified atom stereocenters. The summed E-state index contributed by atoms with van der Waals surface area (Å²) in [5.74, 6) is -1.23. The predicted octanol–water partition coefficient (Wildman–Crippen LogP) is 4.29. The molecular weight excluding hydrogens is 310 g/mol. The molecular formula is C22H21NO2. The second kappa shape index (κ2) is 5.92. The Bertz CT molecular complexity index is 885. The van der Waals surface area contributed by atoms with E-state index in [1.165, 1.54) is 5.56 Å². The molecule has 0 saturated heterocycles. The van der Waals surface area contributed by atoms with E-state index in [4.69, 9.17) is 0 Å². The molecule has 4 rings (SSSR count). The molecule has 2 heterocycles. The van der Waals surface area contributed by atoms with Crippen molar-refractivity contribution in [2.45, 2.75) is 24.8 Å². The van der Waals surface area contributed by atoms with Gasteiger partial charge in [-0.25, -0.2) is 0 Å². The Morgan fingerprint density at radius 3 is 2.32 bits per heavy atom. The number of carboxylic acid groups (broad SMARTS) is 1. The number of hydrogen-bond donors (Lipinski definition) is 1. The zero-order valence-electron chi connectivity index (χ0n) is 14.2. The van der Waals surface area contributed by atoms with E-state index in [9.17, 15) is 9.90 Å². The SMILES string of the molecule is CC(C(=O)O)C1(c2ccccc2)c2cccn2CC1c1ccccc1. The lowest BCUT2D eigenvalue weighted by Crippen LogP contribution is -2.42. The maximum absolute atomic E-state index is 12.2. The zero-order valence-corrected chi connectivity index (χ0v) is 14.2. The number of carboxylic acids is 1. The van der Waals surface area contributed by atoms with Crippen LogP contribution in [0.2, 0.25) is 0 Å². The number of nitrogens with zero attached hydrogens (tertiary/aromatic N) is 1. The zero-order chi connectivity index (χ0) is 17.4. The number of carbonyl (C=O) groups is 1. The molecule has 1 aliphatic heterocycles. The molecule has 1 aliphatic rings.